The summed E-state index contributed by atoms with van der Waals surface area (Å²) in [5.41, 5.74) is 0. The Hall–Kier alpha value is -0.570. The fraction of sp³-hybridized carbons (Fsp3) is 0.923. The van der Waals surface area contributed by atoms with Crippen LogP contribution in [0.3, 0.4) is 0 Å². The van der Waals surface area contributed by atoms with Gasteiger partial charge in [-0.2, -0.15) is 0 Å². The Labute approximate surface area is 98.5 Å². The molecule has 0 bridgehead atoms. The molecule has 1 fully saturated rings. The lowest BCUT2D eigenvalue weighted by atomic mass is 10.0. The highest BCUT2D eigenvalue weighted by atomic mass is 16.6. The van der Waals surface area contributed by atoms with Crippen molar-refractivity contribution in [2.24, 2.45) is 5.92 Å². The SMILES string of the molecule is CC(C)CCCCCCC(=O)OCC1CO1. The Kier molecular flexibility index (Phi) is 6.46. The summed E-state index contributed by atoms with van der Waals surface area (Å²) in [5, 5.41) is 0. The van der Waals surface area contributed by atoms with E-state index in [2.05, 4.69) is 13.8 Å². The van der Waals surface area contributed by atoms with E-state index in [-0.39, 0.29) is 12.1 Å². The molecule has 0 spiro atoms. The van der Waals surface area contributed by atoms with Crippen molar-refractivity contribution in [3.63, 3.8) is 0 Å². The molecule has 1 saturated heterocycles. The second-order valence-electron chi connectivity index (χ2n) is 4.99. The average molecular weight is 228 g/mol. The molecule has 0 aliphatic carbocycles. The van der Waals surface area contributed by atoms with Gasteiger partial charge in [-0.05, 0) is 12.3 Å². The first kappa shape index (κ1) is 13.5. The van der Waals surface area contributed by atoms with Crippen LogP contribution in [0.2, 0.25) is 0 Å². The smallest absolute Gasteiger partial charge is 0.305 e. The van der Waals surface area contributed by atoms with Gasteiger partial charge in [0.05, 0.1) is 6.61 Å². The minimum absolute atomic E-state index is 0.0700. The molecule has 3 nitrogen and oxygen atoms in total. The molecule has 1 atom stereocenters. The van der Waals surface area contributed by atoms with E-state index in [0.29, 0.717) is 13.0 Å². The van der Waals surface area contributed by atoms with Gasteiger partial charge in [-0.3, -0.25) is 4.79 Å². The Morgan fingerprint density at radius 2 is 2.00 bits per heavy atom. The van der Waals surface area contributed by atoms with Crippen molar-refractivity contribution in [2.75, 3.05) is 13.2 Å². The van der Waals surface area contributed by atoms with Gasteiger partial charge in [-0.1, -0.05) is 39.5 Å². The highest BCUT2D eigenvalue weighted by Gasteiger charge is 2.23. The van der Waals surface area contributed by atoms with Crippen LogP contribution in [-0.2, 0) is 14.3 Å². The second-order valence-corrected chi connectivity index (χ2v) is 4.99. The van der Waals surface area contributed by atoms with Crippen molar-refractivity contribution in [3.05, 3.63) is 0 Å². The van der Waals surface area contributed by atoms with E-state index in [1.54, 1.807) is 0 Å². The molecule has 0 amide bonds. The van der Waals surface area contributed by atoms with Crippen molar-refractivity contribution in [2.45, 2.75) is 58.5 Å². The monoisotopic (exact) mass is 228 g/mol. The van der Waals surface area contributed by atoms with Gasteiger partial charge < -0.3 is 9.47 Å². The molecular formula is C13H24O3. The lowest BCUT2D eigenvalue weighted by molar-refractivity contribution is -0.144. The maximum absolute atomic E-state index is 11.2. The van der Waals surface area contributed by atoms with Gasteiger partial charge >= 0.3 is 5.97 Å². The van der Waals surface area contributed by atoms with Crippen LogP contribution in [0.15, 0.2) is 0 Å². The maximum atomic E-state index is 11.2. The zero-order valence-corrected chi connectivity index (χ0v) is 10.5. The molecule has 0 N–H and O–H groups in total. The average Bonchev–Trinajstić information content (AvgIpc) is 3.03. The second kappa shape index (κ2) is 7.66. The molecule has 1 aliphatic rings. The predicted molar refractivity (Wildman–Crippen MR) is 63.2 cm³/mol. The van der Waals surface area contributed by atoms with Crippen LogP contribution in [0.5, 0.6) is 0 Å². The summed E-state index contributed by atoms with van der Waals surface area (Å²) in [6.45, 7) is 5.70. The van der Waals surface area contributed by atoms with E-state index in [0.717, 1.165) is 25.4 Å². The fourth-order valence-corrected chi connectivity index (χ4v) is 1.60. The summed E-state index contributed by atoms with van der Waals surface area (Å²) in [6.07, 6.45) is 6.66. The summed E-state index contributed by atoms with van der Waals surface area (Å²) < 4.78 is 10.0. The summed E-state index contributed by atoms with van der Waals surface area (Å²) in [7, 11) is 0. The number of ether oxygens (including phenoxy) is 2. The maximum Gasteiger partial charge on any atom is 0.305 e. The van der Waals surface area contributed by atoms with Crippen molar-refractivity contribution in [1.82, 2.24) is 0 Å². The van der Waals surface area contributed by atoms with Crippen molar-refractivity contribution >= 4 is 5.97 Å². The third kappa shape index (κ3) is 7.69. The van der Waals surface area contributed by atoms with Gasteiger partial charge in [0.15, 0.2) is 0 Å². The molecule has 1 heterocycles. The minimum atomic E-state index is -0.0700. The first-order valence-corrected chi connectivity index (χ1v) is 6.45. The minimum Gasteiger partial charge on any atom is -0.463 e. The number of unbranched alkanes of at least 4 members (excludes halogenated alkanes) is 3. The normalized spacial score (nSPS) is 18.8. The molecule has 3 heteroatoms. The summed E-state index contributed by atoms with van der Waals surface area (Å²) >= 11 is 0. The third-order valence-electron chi connectivity index (χ3n) is 2.74. The van der Waals surface area contributed by atoms with Gasteiger partial charge in [0, 0.05) is 6.42 Å². The van der Waals surface area contributed by atoms with Crippen LogP contribution in [0.1, 0.15) is 52.4 Å². The van der Waals surface area contributed by atoms with Crippen LogP contribution in [-0.4, -0.2) is 25.3 Å². The molecule has 16 heavy (non-hydrogen) atoms. The van der Waals surface area contributed by atoms with E-state index in [9.17, 15) is 4.79 Å². The zero-order chi connectivity index (χ0) is 11.8. The van der Waals surface area contributed by atoms with E-state index < -0.39 is 0 Å². The number of esters is 1. The number of hydrogen-bond donors (Lipinski definition) is 0. The van der Waals surface area contributed by atoms with Gasteiger partial charge in [-0.15, -0.1) is 0 Å². The van der Waals surface area contributed by atoms with Gasteiger partial charge in [0.2, 0.25) is 0 Å². The topological polar surface area (TPSA) is 38.8 Å². The summed E-state index contributed by atoms with van der Waals surface area (Å²) in [5.74, 6) is 0.725. The molecule has 0 aromatic rings. The zero-order valence-electron chi connectivity index (χ0n) is 10.5. The number of rotatable bonds is 9. The lowest BCUT2D eigenvalue weighted by Gasteiger charge is -2.04. The Morgan fingerprint density at radius 1 is 1.31 bits per heavy atom. The van der Waals surface area contributed by atoms with Crippen molar-refractivity contribution in [3.8, 4) is 0 Å². The predicted octanol–water partition coefficient (Wildman–Crippen LogP) is 2.93. The number of epoxide rings is 1. The Bertz CT molecular complexity index is 197. The first-order chi connectivity index (χ1) is 7.68. The molecule has 0 aromatic heterocycles. The first-order valence-electron chi connectivity index (χ1n) is 6.45. The van der Waals surface area contributed by atoms with E-state index in [4.69, 9.17) is 9.47 Å². The van der Waals surface area contributed by atoms with Crippen molar-refractivity contribution < 1.29 is 14.3 Å². The Balaban J connectivity index is 1.80. The molecule has 0 aromatic carbocycles. The molecule has 94 valence electrons. The molecular weight excluding hydrogens is 204 g/mol. The quantitative estimate of drug-likeness (QED) is 0.346. The van der Waals surface area contributed by atoms with Crippen LogP contribution < -0.4 is 0 Å². The number of carbonyl (C=O) groups excluding carboxylic acids is 1. The lowest BCUT2D eigenvalue weighted by Crippen LogP contribution is -2.09. The number of carbonyl (C=O) groups is 1. The molecule has 1 aliphatic heterocycles. The Morgan fingerprint density at radius 3 is 2.62 bits per heavy atom. The van der Waals surface area contributed by atoms with Crippen LogP contribution in [0.25, 0.3) is 0 Å². The van der Waals surface area contributed by atoms with Crippen LogP contribution in [0, 0.1) is 5.92 Å². The highest BCUT2D eigenvalue weighted by Crippen LogP contribution is 2.12. The van der Waals surface area contributed by atoms with E-state index in [1.165, 1.54) is 19.3 Å². The largest absolute Gasteiger partial charge is 0.463 e. The van der Waals surface area contributed by atoms with Gasteiger partial charge in [0.25, 0.3) is 0 Å². The third-order valence-corrected chi connectivity index (χ3v) is 2.74. The van der Waals surface area contributed by atoms with Gasteiger partial charge in [-0.25, -0.2) is 0 Å². The van der Waals surface area contributed by atoms with Crippen LogP contribution in [0.4, 0.5) is 0 Å². The van der Waals surface area contributed by atoms with E-state index >= 15 is 0 Å². The summed E-state index contributed by atoms with van der Waals surface area (Å²) in [4.78, 5) is 11.2. The van der Waals surface area contributed by atoms with E-state index in [1.807, 2.05) is 0 Å². The van der Waals surface area contributed by atoms with Gasteiger partial charge in [0.1, 0.15) is 12.7 Å². The standard InChI is InChI=1S/C13H24O3/c1-11(2)7-5-3-4-6-8-13(14)16-10-12-9-15-12/h11-12H,3-10H2,1-2H3. The molecule has 1 unspecified atom stereocenters. The molecule has 0 radical (unpaired) electrons. The molecule has 0 saturated carbocycles. The highest BCUT2D eigenvalue weighted by molar-refractivity contribution is 5.69. The van der Waals surface area contributed by atoms with Crippen LogP contribution >= 0.6 is 0 Å². The van der Waals surface area contributed by atoms with Crippen molar-refractivity contribution in [1.29, 1.82) is 0 Å². The summed E-state index contributed by atoms with van der Waals surface area (Å²) in [6, 6.07) is 0. The fourth-order valence-electron chi connectivity index (χ4n) is 1.60. The number of hydrogen-bond acceptors (Lipinski definition) is 3. The molecule has 1 rings (SSSR count).